The van der Waals surface area contributed by atoms with Crippen molar-refractivity contribution in [2.45, 2.75) is 19.4 Å². The van der Waals surface area contributed by atoms with Crippen LogP contribution in [0.25, 0.3) is 20.1 Å². The van der Waals surface area contributed by atoms with Gasteiger partial charge in [-0.25, -0.2) is 4.98 Å². The first-order valence-corrected chi connectivity index (χ1v) is 8.08. The number of para-hydroxylation sites is 1. The zero-order valence-corrected chi connectivity index (χ0v) is 13.1. The molecule has 1 aromatic carbocycles. The van der Waals surface area contributed by atoms with E-state index in [1.807, 2.05) is 32.0 Å². The average Bonchev–Trinajstić information content (AvgIpc) is 3.03. The Kier molecular flexibility index (Phi) is 3.50. The molecule has 0 fully saturated rings. The monoisotopic (exact) mass is 304 g/mol. The summed E-state index contributed by atoms with van der Waals surface area (Å²) in [5.41, 5.74) is 6.54. The molecule has 0 saturated heterocycles. The maximum atomic E-state index is 5.97. The SMILES string of the molecule is CC(C)(N)COc1cccc2sc(-c3cccs3)nc12. The summed E-state index contributed by atoms with van der Waals surface area (Å²) in [6.07, 6.45) is 0. The van der Waals surface area contributed by atoms with Gasteiger partial charge >= 0.3 is 0 Å². The van der Waals surface area contributed by atoms with Crippen LogP contribution in [0.3, 0.4) is 0 Å². The number of hydrogen-bond donors (Lipinski definition) is 1. The number of rotatable bonds is 4. The Morgan fingerprint density at radius 2 is 2.10 bits per heavy atom. The van der Waals surface area contributed by atoms with Gasteiger partial charge in [-0.1, -0.05) is 12.1 Å². The first kappa shape index (κ1) is 13.5. The van der Waals surface area contributed by atoms with Gasteiger partial charge in [0.1, 0.15) is 22.9 Å². The third kappa shape index (κ3) is 2.85. The molecule has 2 N–H and O–H groups in total. The molecule has 0 unspecified atom stereocenters. The fourth-order valence-corrected chi connectivity index (χ4v) is 3.59. The third-order valence-corrected chi connectivity index (χ3v) is 4.77. The van der Waals surface area contributed by atoms with E-state index in [-0.39, 0.29) is 5.54 Å². The lowest BCUT2D eigenvalue weighted by Crippen LogP contribution is -2.38. The molecule has 5 heteroatoms. The summed E-state index contributed by atoms with van der Waals surface area (Å²) in [7, 11) is 0. The number of benzene rings is 1. The summed E-state index contributed by atoms with van der Waals surface area (Å²) in [6, 6.07) is 10.2. The topological polar surface area (TPSA) is 48.1 Å². The van der Waals surface area contributed by atoms with Crippen molar-refractivity contribution >= 4 is 32.9 Å². The summed E-state index contributed by atoms with van der Waals surface area (Å²) >= 11 is 3.39. The van der Waals surface area contributed by atoms with Crippen LogP contribution in [0.1, 0.15) is 13.8 Å². The molecule has 3 aromatic rings. The molecule has 0 atom stereocenters. The minimum atomic E-state index is -0.352. The molecule has 0 aliphatic heterocycles. The lowest BCUT2D eigenvalue weighted by Gasteiger charge is -2.19. The van der Waals surface area contributed by atoms with Crippen molar-refractivity contribution < 1.29 is 4.74 Å². The quantitative estimate of drug-likeness (QED) is 0.788. The van der Waals surface area contributed by atoms with Gasteiger partial charge in [-0.3, -0.25) is 0 Å². The Hall–Kier alpha value is -1.43. The predicted molar refractivity (Wildman–Crippen MR) is 86.7 cm³/mol. The molecule has 0 spiro atoms. The summed E-state index contributed by atoms with van der Waals surface area (Å²) in [6.45, 7) is 4.37. The van der Waals surface area contributed by atoms with Crippen LogP contribution >= 0.6 is 22.7 Å². The minimum Gasteiger partial charge on any atom is -0.489 e. The molecule has 2 aromatic heterocycles. The Morgan fingerprint density at radius 1 is 1.25 bits per heavy atom. The molecule has 3 rings (SSSR count). The van der Waals surface area contributed by atoms with Gasteiger partial charge in [0.05, 0.1) is 9.58 Å². The molecule has 104 valence electrons. The zero-order valence-electron chi connectivity index (χ0n) is 11.4. The van der Waals surface area contributed by atoms with Gasteiger partial charge in [0.2, 0.25) is 0 Å². The van der Waals surface area contributed by atoms with Gasteiger partial charge in [-0.2, -0.15) is 0 Å². The van der Waals surface area contributed by atoms with Crippen molar-refractivity contribution in [2.75, 3.05) is 6.61 Å². The molecule has 0 aliphatic rings. The van der Waals surface area contributed by atoms with E-state index >= 15 is 0 Å². The maximum Gasteiger partial charge on any atom is 0.146 e. The second-order valence-corrected chi connectivity index (χ2v) is 7.35. The van der Waals surface area contributed by atoms with E-state index < -0.39 is 0 Å². The summed E-state index contributed by atoms with van der Waals surface area (Å²) in [5.74, 6) is 0.806. The molecular weight excluding hydrogens is 288 g/mol. The van der Waals surface area contributed by atoms with E-state index in [1.54, 1.807) is 22.7 Å². The lowest BCUT2D eigenvalue weighted by molar-refractivity contribution is 0.245. The van der Waals surface area contributed by atoms with Crippen molar-refractivity contribution in [3.05, 3.63) is 35.7 Å². The molecule has 0 bridgehead atoms. The highest BCUT2D eigenvalue weighted by atomic mass is 32.1. The Bertz CT molecular complexity index is 711. The van der Waals surface area contributed by atoms with Crippen LogP contribution < -0.4 is 10.5 Å². The standard InChI is InChI=1S/C15H16N2OS2/c1-15(2,16)9-18-10-5-3-6-11-13(10)17-14(20-11)12-7-4-8-19-12/h3-8H,9,16H2,1-2H3. The van der Waals surface area contributed by atoms with E-state index in [2.05, 4.69) is 17.5 Å². The van der Waals surface area contributed by atoms with Crippen LogP contribution in [-0.2, 0) is 0 Å². The highest BCUT2D eigenvalue weighted by molar-refractivity contribution is 7.25. The van der Waals surface area contributed by atoms with Gasteiger partial charge in [0, 0.05) is 5.54 Å². The fourth-order valence-electron chi connectivity index (χ4n) is 1.81. The number of aromatic nitrogens is 1. The molecule has 2 heterocycles. The van der Waals surface area contributed by atoms with Gasteiger partial charge in [0.15, 0.2) is 0 Å². The number of hydrogen-bond acceptors (Lipinski definition) is 5. The molecule has 0 radical (unpaired) electrons. The summed E-state index contributed by atoms with van der Waals surface area (Å²) < 4.78 is 6.98. The van der Waals surface area contributed by atoms with Crippen LogP contribution in [0.5, 0.6) is 5.75 Å². The molecule has 0 saturated carbocycles. The van der Waals surface area contributed by atoms with E-state index in [4.69, 9.17) is 15.5 Å². The Morgan fingerprint density at radius 3 is 2.80 bits per heavy atom. The normalized spacial score (nSPS) is 11.9. The largest absolute Gasteiger partial charge is 0.489 e. The highest BCUT2D eigenvalue weighted by Crippen LogP contribution is 2.36. The fraction of sp³-hybridized carbons (Fsp3) is 0.267. The predicted octanol–water partition coefficient (Wildman–Crippen LogP) is 4.14. The van der Waals surface area contributed by atoms with Crippen LogP contribution in [0, 0.1) is 0 Å². The molecule has 3 nitrogen and oxygen atoms in total. The smallest absolute Gasteiger partial charge is 0.146 e. The molecular formula is C15H16N2OS2. The lowest BCUT2D eigenvalue weighted by atomic mass is 10.1. The average molecular weight is 304 g/mol. The van der Waals surface area contributed by atoms with Gasteiger partial charge in [-0.05, 0) is 37.4 Å². The first-order valence-electron chi connectivity index (χ1n) is 6.38. The summed E-state index contributed by atoms with van der Waals surface area (Å²) in [5, 5.41) is 3.11. The van der Waals surface area contributed by atoms with Crippen LogP contribution in [0.4, 0.5) is 0 Å². The van der Waals surface area contributed by atoms with E-state index in [0.29, 0.717) is 6.61 Å². The van der Waals surface area contributed by atoms with E-state index in [9.17, 15) is 0 Å². The van der Waals surface area contributed by atoms with Crippen molar-refractivity contribution in [3.8, 4) is 15.6 Å². The molecule has 20 heavy (non-hydrogen) atoms. The van der Waals surface area contributed by atoms with Gasteiger partial charge in [-0.15, -0.1) is 22.7 Å². The van der Waals surface area contributed by atoms with Gasteiger partial charge < -0.3 is 10.5 Å². The number of ether oxygens (including phenoxy) is 1. The van der Waals surface area contributed by atoms with Crippen molar-refractivity contribution in [2.24, 2.45) is 5.73 Å². The zero-order chi connectivity index (χ0) is 14.2. The van der Waals surface area contributed by atoms with Crippen molar-refractivity contribution in [3.63, 3.8) is 0 Å². The maximum absolute atomic E-state index is 5.97. The van der Waals surface area contributed by atoms with Crippen LogP contribution in [0.15, 0.2) is 35.7 Å². The van der Waals surface area contributed by atoms with E-state index in [1.165, 1.54) is 4.88 Å². The number of nitrogens with two attached hydrogens (primary N) is 1. The third-order valence-electron chi connectivity index (χ3n) is 2.71. The number of thiophene rings is 1. The Labute approximate surface area is 126 Å². The second kappa shape index (κ2) is 5.16. The number of fused-ring (bicyclic) bond motifs is 1. The van der Waals surface area contributed by atoms with Crippen LogP contribution in [0.2, 0.25) is 0 Å². The summed E-state index contributed by atoms with van der Waals surface area (Å²) in [4.78, 5) is 5.91. The second-order valence-electron chi connectivity index (χ2n) is 5.38. The van der Waals surface area contributed by atoms with Crippen molar-refractivity contribution in [1.29, 1.82) is 0 Å². The van der Waals surface area contributed by atoms with Crippen LogP contribution in [-0.4, -0.2) is 17.1 Å². The number of thiazole rings is 1. The first-order chi connectivity index (χ1) is 9.53. The highest BCUT2D eigenvalue weighted by Gasteiger charge is 2.15. The molecule has 0 amide bonds. The Balaban J connectivity index is 1.97. The molecule has 0 aliphatic carbocycles. The van der Waals surface area contributed by atoms with Crippen molar-refractivity contribution in [1.82, 2.24) is 4.98 Å². The van der Waals surface area contributed by atoms with E-state index in [0.717, 1.165) is 21.0 Å². The van der Waals surface area contributed by atoms with Gasteiger partial charge in [0.25, 0.3) is 0 Å². The minimum absolute atomic E-state index is 0.352. The number of nitrogens with zero attached hydrogens (tertiary/aromatic N) is 1.